The summed E-state index contributed by atoms with van der Waals surface area (Å²) in [7, 11) is 0. The van der Waals surface area contributed by atoms with E-state index in [2.05, 4.69) is 29.1 Å². The van der Waals surface area contributed by atoms with E-state index in [1.54, 1.807) is 0 Å². The fourth-order valence-electron chi connectivity index (χ4n) is 2.54. The first-order valence-electron chi connectivity index (χ1n) is 6.54. The first-order valence-corrected chi connectivity index (χ1v) is 8.36. The summed E-state index contributed by atoms with van der Waals surface area (Å²) in [4.78, 5) is 7.03. The van der Waals surface area contributed by atoms with Crippen LogP contribution in [0, 0.1) is 6.92 Å². The summed E-state index contributed by atoms with van der Waals surface area (Å²) in [5, 5.41) is 0.817. The third-order valence-corrected chi connectivity index (χ3v) is 5.02. The van der Waals surface area contributed by atoms with Gasteiger partial charge in [0.05, 0.1) is 0 Å². The van der Waals surface area contributed by atoms with Gasteiger partial charge in [-0.3, -0.25) is 0 Å². The number of aromatic nitrogens is 1. The van der Waals surface area contributed by atoms with Crippen LogP contribution in [0.5, 0.6) is 0 Å². The molecule has 1 unspecified atom stereocenters. The molecular formula is C14H21ClN2S. The Kier molecular flexibility index (Phi) is 5.19. The molecule has 0 saturated carbocycles. The molecule has 1 aromatic heterocycles. The van der Waals surface area contributed by atoms with Gasteiger partial charge in [0.15, 0.2) is 0 Å². The van der Waals surface area contributed by atoms with Crippen LogP contribution in [0.15, 0.2) is 12.3 Å². The number of alkyl halides is 1. The van der Waals surface area contributed by atoms with Crippen LogP contribution < -0.4 is 4.90 Å². The molecule has 0 radical (unpaired) electrons. The molecule has 1 fully saturated rings. The summed E-state index contributed by atoms with van der Waals surface area (Å²) >= 11 is 7.85. The molecule has 100 valence electrons. The van der Waals surface area contributed by atoms with Gasteiger partial charge in [0.25, 0.3) is 0 Å². The number of pyridine rings is 1. The maximum atomic E-state index is 5.84. The Balaban J connectivity index is 2.11. The summed E-state index contributed by atoms with van der Waals surface area (Å²) in [6, 6.07) is 2.16. The molecular weight excluding hydrogens is 264 g/mol. The van der Waals surface area contributed by atoms with Crippen LogP contribution in [0.3, 0.4) is 0 Å². The molecule has 2 nitrogen and oxygen atoms in total. The maximum absolute atomic E-state index is 5.84. The van der Waals surface area contributed by atoms with Crippen molar-refractivity contribution in [2.24, 2.45) is 0 Å². The van der Waals surface area contributed by atoms with E-state index in [4.69, 9.17) is 11.6 Å². The summed E-state index contributed by atoms with van der Waals surface area (Å²) in [6.07, 6.45) is 7.99. The zero-order valence-electron chi connectivity index (χ0n) is 11.2. The van der Waals surface area contributed by atoms with Gasteiger partial charge in [-0.15, -0.1) is 11.6 Å². The second kappa shape index (κ2) is 6.67. The molecule has 2 rings (SSSR count). The van der Waals surface area contributed by atoms with Crippen molar-refractivity contribution in [3.63, 3.8) is 0 Å². The van der Waals surface area contributed by atoms with Crippen molar-refractivity contribution in [1.29, 1.82) is 0 Å². The lowest BCUT2D eigenvalue weighted by atomic mass is 10.2. The highest BCUT2D eigenvalue weighted by Crippen LogP contribution is 2.26. The Morgan fingerprint density at radius 2 is 2.28 bits per heavy atom. The first kappa shape index (κ1) is 14.0. The molecule has 1 aliphatic heterocycles. The molecule has 0 spiro atoms. The molecule has 0 N–H and O–H groups in total. The molecule has 1 aliphatic rings. The highest BCUT2D eigenvalue weighted by molar-refractivity contribution is 7.99. The Hall–Kier alpha value is -0.410. The zero-order chi connectivity index (χ0) is 13.0. The van der Waals surface area contributed by atoms with Gasteiger partial charge in [-0.2, -0.15) is 11.8 Å². The van der Waals surface area contributed by atoms with E-state index in [1.807, 2.05) is 18.0 Å². The van der Waals surface area contributed by atoms with Crippen LogP contribution in [0.2, 0.25) is 0 Å². The minimum atomic E-state index is 0.544. The predicted molar refractivity (Wildman–Crippen MR) is 81.9 cm³/mol. The number of rotatable bonds is 3. The third kappa shape index (κ3) is 3.33. The fourth-order valence-corrected chi connectivity index (χ4v) is 3.43. The maximum Gasteiger partial charge on any atom is 0.131 e. The molecule has 1 saturated heterocycles. The van der Waals surface area contributed by atoms with Crippen molar-refractivity contribution in [3.05, 3.63) is 23.4 Å². The number of aryl methyl sites for hydroxylation is 1. The number of halogens is 1. The second-order valence-electron chi connectivity index (χ2n) is 4.89. The van der Waals surface area contributed by atoms with Gasteiger partial charge in [0.2, 0.25) is 0 Å². The quantitative estimate of drug-likeness (QED) is 0.785. The standard InChI is InChI=1S/C14H21ClN2S/c1-11-8-12(9-15)10-16-14(11)17-6-3-4-13(18-2)5-7-17/h8,10,13H,3-7,9H2,1-2H3. The lowest BCUT2D eigenvalue weighted by Gasteiger charge is -2.23. The SMILES string of the molecule is CSC1CCCN(c2ncc(CCl)cc2C)CC1. The molecule has 18 heavy (non-hydrogen) atoms. The van der Waals surface area contributed by atoms with E-state index in [1.165, 1.54) is 24.8 Å². The van der Waals surface area contributed by atoms with Crippen molar-refractivity contribution in [1.82, 2.24) is 4.98 Å². The van der Waals surface area contributed by atoms with Crippen LogP contribution in [-0.2, 0) is 5.88 Å². The molecule has 1 atom stereocenters. The van der Waals surface area contributed by atoms with E-state index >= 15 is 0 Å². The van der Waals surface area contributed by atoms with Gasteiger partial charge < -0.3 is 4.90 Å². The van der Waals surface area contributed by atoms with E-state index < -0.39 is 0 Å². The van der Waals surface area contributed by atoms with Crippen LogP contribution in [0.4, 0.5) is 5.82 Å². The average molecular weight is 285 g/mol. The number of thioether (sulfide) groups is 1. The Morgan fingerprint density at radius 3 is 2.94 bits per heavy atom. The minimum absolute atomic E-state index is 0.544. The Morgan fingerprint density at radius 1 is 1.44 bits per heavy atom. The molecule has 0 aromatic carbocycles. The minimum Gasteiger partial charge on any atom is -0.356 e. The molecule has 1 aromatic rings. The van der Waals surface area contributed by atoms with Crippen LogP contribution in [0.1, 0.15) is 30.4 Å². The molecule has 4 heteroatoms. The summed E-state index contributed by atoms with van der Waals surface area (Å²) in [6.45, 7) is 4.39. The van der Waals surface area contributed by atoms with Gasteiger partial charge in [-0.25, -0.2) is 4.98 Å². The second-order valence-corrected chi connectivity index (χ2v) is 6.30. The summed E-state index contributed by atoms with van der Waals surface area (Å²) < 4.78 is 0. The zero-order valence-corrected chi connectivity index (χ0v) is 12.7. The van der Waals surface area contributed by atoms with E-state index in [9.17, 15) is 0 Å². The van der Waals surface area contributed by atoms with Crippen molar-refractivity contribution in [2.45, 2.75) is 37.3 Å². The van der Waals surface area contributed by atoms with Crippen molar-refractivity contribution in [2.75, 3.05) is 24.2 Å². The predicted octanol–water partition coefficient (Wildman–Crippen LogP) is 3.85. The smallest absolute Gasteiger partial charge is 0.131 e. The van der Waals surface area contributed by atoms with Crippen molar-refractivity contribution >= 4 is 29.2 Å². The van der Waals surface area contributed by atoms with E-state index in [0.717, 1.165) is 29.7 Å². The van der Waals surface area contributed by atoms with Crippen LogP contribution in [0.25, 0.3) is 0 Å². The molecule has 2 heterocycles. The highest BCUT2D eigenvalue weighted by Gasteiger charge is 2.18. The van der Waals surface area contributed by atoms with Gasteiger partial charge in [-0.1, -0.05) is 0 Å². The normalized spacial score (nSPS) is 20.8. The van der Waals surface area contributed by atoms with E-state index in [-0.39, 0.29) is 0 Å². The lowest BCUT2D eigenvalue weighted by molar-refractivity contribution is 0.745. The van der Waals surface area contributed by atoms with E-state index in [0.29, 0.717) is 5.88 Å². The average Bonchev–Trinajstić information content (AvgIpc) is 2.63. The van der Waals surface area contributed by atoms with Gasteiger partial charge in [0.1, 0.15) is 5.82 Å². The largest absolute Gasteiger partial charge is 0.356 e. The van der Waals surface area contributed by atoms with Crippen LogP contribution >= 0.6 is 23.4 Å². The van der Waals surface area contributed by atoms with Crippen molar-refractivity contribution in [3.8, 4) is 0 Å². The molecule has 0 amide bonds. The summed E-state index contributed by atoms with van der Waals surface area (Å²) in [5.74, 6) is 1.69. The van der Waals surface area contributed by atoms with Crippen molar-refractivity contribution < 1.29 is 0 Å². The molecule has 0 bridgehead atoms. The number of nitrogens with zero attached hydrogens (tertiary/aromatic N) is 2. The topological polar surface area (TPSA) is 16.1 Å². The lowest BCUT2D eigenvalue weighted by Crippen LogP contribution is -2.26. The van der Waals surface area contributed by atoms with Gasteiger partial charge in [-0.05, 0) is 49.6 Å². The monoisotopic (exact) mass is 284 g/mol. The summed E-state index contributed by atoms with van der Waals surface area (Å²) in [5.41, 5.74) is 2.35. The van der Waals surface area contributed by atoms with Gasteiger partial charge >= 0.3 is 0 Å². The molecule has 0 aliphatic carbocycles. The number of anilines is 1. The highest BCUT2D eigenvalue weighted by atomic mass is 35.5. The van der Waals surface area contributed by atoms with Gasteiger partial charge in [0, 0.05) is 30.4 Å². The first-order chi connectivity index (χ1) is 8.74. The Bertz CT molecular complexity index is 397. The number of hydrogen-bond donors (Lipinski definition) is 0. The Labute approximate surface area is 119 Å². The van der Waals surface area contributed by atoms with Crippen LogP contribution in [-0.4, -0.2) is 29.6 Å². The fraction of sp³-hybridized carbons (Fsp3) is 0.643. The number of hydrogen-bond acceptors (Lipinski definition) is 3. The third-order valence-electron chi connectivity index (χ3n) is 3.57.